The molecule has 0 N–H and O–H groups in total. The molecular formula is C14H13BrO. The van der Waals surface area contributed by atoms with Gasteiger partial charge in [-0.3, -0.25) is 0 Å². The van der Waals surface area contributed by atoms with Gasteiger partial charge in [0.25, 0.3) is 0 Å². The summed E-state index contributed by atoms with van der Waals surface area (Å²) < 4.78 is 5.38. The summed E-state index contributed by atoms with van der Waals surface area (Å²) in [5.74, 6) is 0.913. The van der Waals surface area contributed by atoms with Gasteiger partial charge < -0.3 is 4.74 Å². The predicted octanol–water partition coefficient (Wildman–Crippen LogP) is 4.26. The van der Waals surface area contributed by atoms with Crippen LogP contribution in [0.1, 0.15) is 5.56 Å². The van der Waals surface area contributed by atoms with E-state index in [9.17, 15) is 0 Å². The van der Waals surface area contributed by atoms with Crippen LogP contribution in [0.25, 0.3) is 11.1 Å². The number of halogens is 1. The van der Waals surface area contributed by atoms with Crippen LogP contribution in [0.3, 0.4) is 0 Å². The van der Waals surface area contributed by atoms with Crippen LogP contribution in [-0.2, 0) is 5.33 Å². The number of hydrogen-bond acceptors (Lipinski definition) is 1. The molecule has 16 heavy (non-hydrogen) atoms. The molecule has 0 radical (unpaired) electrons. The number of ether oxygens (including phenoxy) is 1. The molecule has 0 bridgehead atoms. The Balaban J connectivity index is 2.58. The zero-order valence-electron chi connectivity index (χ0n) is 9.11. The van der Waals surface area contributed by atoms with Crippen LogP contribution in [0.5, 0.6) is 5.75 Å². The van der Waals surface area contributed by atoms with Crippen molar-refractivity contribution in [1.82, 2.24) is 0 Å². The van der Waals surface area contributed by atoms with E-state index in [4.69, 9.17) is 4.74 Å². The molecule has 2 aromatic rings. The zero-order chi connectivity index (χ0) is 11.4. The first-order valence-corrected chi connectivity index (χ1v) is 6.26. The predicted molar refractivity (Wildman–Crippen MR) is 71.1 cm³/mol. The van der Waals surface area contributed by atoms with E-state index < -0.39 is 0 Å². The zero-order valence-corrected chi connectivity index (χ0v) is 10.7. The van der Waals surface area contributed by atoms with Crippen LogP contribution in [0.4, 0.5) is 0 Å². The lowest BCUT2D eigenvalue weighted by Gasteiger charge is -2.11. The first kappa shape index (κ1) is 11.2. The van der Waals surface area contributed by atoms with Crippen molar-refractivity contribution in [3.8, 4) is 16.9 Å². The molecule has 0 aliphatic carbocycles. The molecule has 0 amide bonds. The smallest absolute Gasteiger partial charge is 0.126 e. The summed E-state index contributed by atoms with van der Waals surface area (Å²) >= 11 is 3.51. The van der Waals surface area contributed by atoms with E-state index in [1.807, 2.05) is 24.3 Å². The molecule has 0 saturated heterocycles. The Kier molecular flexibility index (Phi) is 3.62. The molecule has 2 aromatic carbocycles. The third-order valence-electron chi connectivity index (χ3n) is 2.56. The van der Waals surface area contributed by atoms with Crippen molar-refractivity contribution in [3.63, 3.8) is 0 Å². The standard InChI is InChI=1S/C14H13BrO/c1-16-14-9-5-4-8-13(14)12-7-3-2-6-11(12)10-15/h2-9H,10H2,1H3. The lowest BCUT2D eigenvalue weighted by Crippen LogP contribution is -1.90. The summed E-state index contributed by atoms with van der Waals surface area (Å²) in [5, 5.41) is 0.848. The fraction of sp³-hybridized carbons (Fsp3) is 0.143. The number of alkyl halides is 1. The molecule has 2 heteroatoms. The summed E-state index contributed by atoms with van der Waals surface area (Å²) in [4.78, 5) is 0. The summed E-state index contributed by atoms with van der Waals surface area (Å²) in [5.41, 5.74) is 3.63. The Morgan fingerprint density at radius 2 is 1.56 bits per heavy atom. The van der Waals surface area contributed by atoms with Crippen LogP contribution in [0.2, 0.25) is 0 Å². The van der Waals surface area contributed by atoms with E-state index in [0.717, 1.165) is 16.6 Å². The minimum atomic E-state index is 0.848. The van der Waals surface area contributed by atoms with E-state index in [2.05, 4.69) is 40.2 Å². The number of rotatable bonds is 3. The van der Waals surface area contributed by atoms with E-state index in [-0.39, 0.29) is 0 Å². The van der Waals surface area contributed by atoms with Crippen molar-refractivity contribution in [2.45, 2.75) is 5.33 Å². The Labute approximate surface area is 104 Å². The Bertz CT molecular complexity index is 434. The average Bonchev–Trinajstić information content (AvgIpc) is 2.38. The van der Waals surface area contributed by atoms with Gasteiger partial charge in [-0.05, 0) is 17.2 Å². The molecule has 2 rings (SSSR count). The lowest BCUT2D eigenvalue weighted by atomic mass is 10.00. The second kappa shape index (κ2) is 5.17. The van der Waals surface area contributed by atoms with Crippen molar-refractivity contribution in [2.24, 2.45) is 0 Å². The maximum atomic E-state index is 5.38. The summed E-state index contributed by atoms with van der Waals surface area (Å²) in [6, 6.07) is 16.4. The van der Waals surface area contributed by atoms with Gasteiger partial charge >= 0.3 is 0 Å². The first-order chi connectivity index (χ1) is 7.86. The summed E-state index contributed by atoms with van der Waals surface area (Å²) in [6.07, 6.45) is 0. The van der Waals surface area contributed by atoms with E-state index in [0.29, 0.717) is 0 Å². The Hall–Kier alpha value is -1.28. The highest BCUT2D eigenvalue weighted by molar-refractivity contribution is 9.08. The van der Waals surface area contributed by atoms with Crippen LogP contribution in [0.15, 0.2) is 48.5 Å². The fourth-order valence-electron chi connectivity index (χ4n) is 1.77. The number of benzene rings is 2. The highest BCUT2D eigenvalue weighted by atomic mass is 79.9. The minimum Gasteiger partial charge on any atom is -0.496 e. The van der Waals surface area contributed by atoms with Gasteiger partial charge in [0.15, 0.2) is 0 Å². The molecule has 0 unspecified atom stereocenters. The van der Waals surface area contributed by atoms with Gasteiger partial charge in [-0.1, -0.05) is 58.4 Å². The molecule has 0 atom stereocenters. The van der Waals surface area contributed by atoms with Crippen LogP contribution >= 0.6 is 15.9 Å². The van der Waals surface area contributed by atoms with Gasteiger partial charge in [0, 0.05) is 10.9 Å². The minimum absolute atomic E-state index is 0.848. The molecule has 0 aliphatic rings. The topological polar surface area (TPSA) is 9.23 Å². The van der Waals surface area contributed by atoms with Gasteiger partial charge in [-0.25, -0.2) is 0 Å². The van der Waals surface area contributed by atoms with E-state index in [1.165, 1.54) is 11.1 Å². The SMILES string of the molecule is COc1ccccc1-c1ccccc1CBr. The maximum Gasteiger partial charge on any atom is 0.126 e. The highest BCUT2D eigenvalue weighted by Crippen LogP contribution is 2.32. The molecule has 0 heterocycles. The third kappa shape index (κ3) is 2.12. The molecular weight excluding hydrogens is 264 g/mol. The Morgan fingerprint density at radius 3 is 2.25 bits per heavy atom. The van der Waals surface area contributed by atoms with Gasteiger partial charge in [-0.15, -0.1) is 0 Å². The van der Waals surface area contributed by atoms with Gasteiger partial charge in [0.2, 0.25) is 0 Å². The quantitative estimate of drug-likeness (QED) is 0.762. The van der Waals surface area contributed by atoms with Crippen molar-refractivity contribution in [1.29, 1.82) is 0 Å². The monoisotopic (exact) mass is 276 g/mol. The molecule has 82 valence electrons. The Morgan fingerprint density at radius 1 is 0.938 bits per heavy atom. The molecule has 0 aliphatic heterocycles. The highest BCUT2D eigenvalue weighted by Gasteiger charge is 2.07. The maximum absolute atomic E-state index is 5.38. The summed E-state index contributed by atoms with van der Waals surface area (Å²) in [6.45, 7) is 0. The fourth-order valence-corrected chi connectivity index (χ4v) is 2.26. The number of methoxy groups -OCH3 is 1. The molecule has 0 fully saturated rings. The lowest BCUT2D eigenvalue weighted by molar-refractivity contribution is 0.416. The van der Waals surface area contributed by atoms with Crippen LogP contribution in [0, 0.1) is 0 Å². The van der Waals surface area contributed by atoms with Gasteiger partial charge in [0.1, 0.15) is 5.75 Å². The number of para-hydroxylation sites is 1. The van der Waals surface area contributed by atoms with Crippen molar-refractivity contribution in [2.75, 3.05) is 7.11 Å². The largest absolute Gasteiger partial charge is 0.496 e. The third-order valence-corrected chi connectivity index (χ3v) is 3.16. The molecule has 0 saturated carbocycles. The second-order valence-corrected chi connectivity index (χ2v) is 4.05. The van der Waals surface area contributed by atoms with Crippen molar-refractivity contribution < 1.29 is 4.74 Å². The molecule has 1 nitrogen and oxygen atoms in total. The molecule has 0 spiro atoms. The average molecular weight is 277 g/mol. The van der Waals surface area contributed by atoms with Crippen LogP contribution in [-0.4, -0.2) is 7.11 Å². The van der Waals surface area contributed by atoms with E-state index >= 15 is 0 Å². The van der Waals surface area contributed by atoms with Gasteiger partial charge in [-0.2, -0.15) is 0 Å². The molecule has 0 aromatic heterocycles. The van der Waals surface area contributed by atoms with Crippen molar-refractivity contribution >= 4 is 15.9 Å². The summed E-state index contributed by atoms with van der Waals surface area (Å²) in [7, 11) is 1.70. The second-order valence-electron chi connectivity index (χ2n) is 3.49. The number of hydrogen-bond donors (Lipinski definition) is 0. The van der Waals surface area contributed by atoms with Crippen LogP contribution < -0.4 is 4.74 Å². The first-order valence-electron chi connectivity index (χ1n) is 5.14. The van der Waals surface area contributed by atoms with Crippen molar-refractivity contribution in [3.05, 3.63) is 54.1 Å². The van der Waals surface area contributed by atoms with E-state index in [1.54, 1.807) is 7.11 Å². The normalized spacial score (nSPS) is 10.1. The van der Waals surface area contributed by atoms with Gasteiger partial charge in [0.05, 0.1) is 7.11 Å².